The van der Waals surface area contributed by atoms with Crippen molar-refractivity contribution in [2.45, 2.75) is 13.1 Å². The molecule has 0 amide bonds. The van der Waals surface area contributed by atoms with Crippen LogP contribution < -0.4 is 5.43 Å². The Kier molecular flexibility index (Phi) is 2.84. The van der Waals surface area contributed by atoms with Gasteiger partial charge in [-0.3, -0.25) is 4.79 Å². The fourth-order valence-electron chi connectivity index (χ4n) is 1.84. The molecule has 0 aliphatic carbocycles. The first kappa shape index (κ1) is 13.1. The topological polar surface area (TPSA) is 70.2 Å². The number of alkyl halides is 3. The van der Waals surface area contributed by atoms with Gasteiger partial charge < -0.3 is 10.1 Å². The van der Waals surface area contributed by atoms with Gasteiger partial charge in [0.2, 0.25) is 5.43 Å². The second-order valence-electron chi connectivity index (χ2n) is 4.05. The number of pyridine rings is 1. The van der Waals surface area contributed by atoms with E-state index < -0.39 is 28.7 Å². The summed E-state index contributed by atoms with van der Waals surface area (Å²) in [5, 5.41) is 8.70. The van der Waals surface area contributed by atoms with Crippen LogP contribution in [0.5, 0.6) is 0 Å². The van der Waals surface area contributed by atoms with Gasteiger partial charge in [-0.15, -0.1) is 0 Å². The highest BCUT2D eigenvalue weighted by Gasteiger charge is 2.32. The number of benzene rings is 1. The maximum Gasteiger partial charge on any atom is 0.416 e. The van der Waals surface area contributed by atoms with E-state index in [4.69, 9.17) is 5.11 Å². The van der Waals surface area contributed by atoms with Crippen LogP contribution in [0.25, 0.3) is 10.9 Å². The lowest BCUT2D eigenvalue weighted by molar-refractivity contribution is -0.137. The molecule has 1 aromatic carbocycles. The minimum absolute atomic E-state index is 0.0482. The van der Waals surface area contributed by atoms with Crippen molar-refractivity contribution in [2.24, 2.45) is 0 Å². The van der Waals surface area contributed by atoms with Gasteiger partial charge in [-0.1, -0.05) is 0 Å². The van der Waals surface area contributed by atoms with E-state index in [0.717, 1.165) is 18.3 Å². The third kappa shape index (κ3) is 2.18. The van der Waals surface area contributed by atoms with Crippen molar-refractivity contribution < 1.29 is 23.1 Å². The van der Waals surface area contributed by atoms with E-state index >= 15 is 0 Å². The monoisotopic (exact) mass is 271 g/mol. The Morgan fingerprint density at radius 3 is 2.47 bits per heavy atom. The zero-order valence-corrected chi connectivity index (χ0v) is 9.63. The van der Waals surface area contributed by atoms with E-state index in [1.165, 1.54) is 6.92 Å². The Hall–Kier alpha value is -2.31. The molecule has 2 aromatic rings. The number of aromatic amines is 1. The van der Waals surface area contributed by atoms with Crippen molar-refractivity contribution in [3.8, 4) is 0 Å². The third-order valence-electron chi connectivity index (χ3n) is 2.76. The second kappa shape index (κ2) is 4.11. The highest BCUT2D eigenvalue weighted by molar-refractivity contribution is 5.92. The van der Waals surface area contributed by atoms with Crippen LogP contribution in [-0.4, -0.2) is 16.1 Å². The number of aryl methyl sites for hydroxylation is 1. The molecule has 0 saturated carbocycles. The molecule has 2 rings (SSSR count). The van der Waals surface area contributed by atoms with Crippen LogP contribution in [0.4, 0.5) is 13.2 Å². The lowest BCUT2D eigenvalue weighted by Gasteiger charge is -2.11. The summed E-state index contributed by atoms with van der Waals surface area (Å²) in [7, 11) is 0. The van der Waals surface area contributed by atoms with Crippen LogP contribution >= 0.6 is 0 Å². The first-order chi connectivity index (χ1) is 8.71. The number of carbonyl (C=O) groups is 1. The van der Waals surface area contributed by atoms with Gasteiger partial charge in [0, 0.05) is 17.1 Å². The summed E-state index contributed by atoms with van der Waals surface area (Å²) in [6.07, 6.45) is -3.64. The number of rotatable bonds is 1. The first-order valence-corrected chi connectivity index (χ1v) is 5.18. The Bertz CT molecular complexity index is 731. The Morgan fingerprint density at radius 2 is 1.95 bits per heavy atom. The Balaban J connectivity index is 2.83. The smallest absolute Gasteiger partial charge is 0.416 e. The molecule has 7 heteroatoms. The molecule has 0 aliphatic rings. The van der Waals surface area contributed by atoms with Gasteiger partial charge in [0.25, 0.3) is 0 Å². The predicted molar refractivity (Wildman–Crippen MR) is 61.3 cm³/mol. The Labute approximate surface area is 104 Å². The number of aromatic carboxylic acids is 1. The van der Waals surface area contributed by atoms with Crippen molar-refractivity contribution in [1.82, 2.24) is 4.98 Å². The lowest BCUT2D eigenvalue weighted by atomic mass is 10.0. The highest BCUT2D eigenvalue weighted by atomic mass is 19.4. The molecule has 0 spiro atoms. The van der Waals surface area contributed by atoms with Gasteiger partial charge in [-0.25, -0.2) is 4.79 Å². The number of H-pyrrole nitrogens is 1. The summed E-state index contributed by atoms with van der Waals surface area (Å²) in [5.74, 6) is -1.43. The summed E-state index contributed by atoms with van der Waals surface area (Å²) in [6, 6.07) is 1.85. The number of halogens is 3. The number of nitrogens with one attached hydrogen (secondary N) is 1. The molecule has 0 saturated heterocycles. The maximum absolute atomic E-state index is 12.7. The molecule has 0 bridgehead atoms. The molecule has 0 atom stereocenters. The maximum atomic E-state index is 12.7. The number of carboxylic acids is 1. The quantitative estimate of drug-likeness (QED) is 0.837. The van der Waals surface area contributed by atoms with Crippen molar-refractivity contribution in [1.29, 1.82) is 0 Å². The zero-order valence-electron chi connectivity index (χ0n) is 9.63. The van der Waals surface area contributed by atoms with Crippen molar-refractivity contribution in [3.63, 3.8) is 0 Å². The van der Waals surface area contributed by atoms with Crippen molar-refractivity contribution >= 4 is 16.9 Å². The van der Waals surface area contributed by atoms with Crippen molar-refractivity contribution in [2.75, 3.05) is 0 Å². The Morgan fingerprint density at radius 1 is 1.32 bits per heavy atom. The summed E-state index contributed by atoms with van der Waals surface area (Å²) < 4.78 is 38.1. The zero-order chi connectivity index (χ0) is 14.4. The molecule has 0 radical (unpaired) electrons. The van der Waals surface area contributed by atoms with E-state index in [-0.39, 0.29) is 16.5 Å². The van der Waals surface area contributed by atoms with Gasteiger partial charge in [0.1, 0.15) is 5.56 Å². The van der Waals surface area contributed by atoms with Crippen LogP contribution in [-0.2, 0) is 6.18 Å². The summed E-state index contributed by atoms with van der Waals surface area (Å²) in [4.78, 5) is 25.0. The number of aromatic nitrogens is 1. The van der Waals surface area contributed by atoms with Gasteiger partial charge in [-0.2, -0.15) is 13.2 Å². The van der Waals surface area contributed by atoms with E-state index in [1.54, 1.807) is 0 Å². The lowest BCUT2D eigenvalue weighted by Crippen LogP contribution is -2.16. The third-order valence-corrected chi connectivity index (χ3v) is 2.76. The molecular formula is C12H8F3NO3. The molecule has 19 heavy (non-hydrogen) atoms. The number of hydrogen-bond donors (Lipinski definition) is 2. The molecule has 1 aromatic heterocycles. The summed E-state index contributed by atoms with van der Waals surface area (Å²) in [5.41, 5.74) is -2.36. The van der Waals surface area contributed by atoms with Crippen LogP contribution in [0.2, 0.25) is 0 Å². The fraction of sp³-hybridized carbons (Fsp3) is 0.167. The van der Waals surface area contributed by atoms with Crippen LogP contribution in [0.15, 0.2) is 23.1 Å². The van der Waals surface area contributed by atoms with E-state index in [2.05, 4.69) is 4.98 Å². The molecule has 0 aliphatic heterocycles. The number of carboxylic acid groups (broad SMARTS) is 1. The molecule has 0 unspecified atom stereocenters. The average Bonchev–Trinajstić information content (AvgIpc) is 2.27. The predicted octanol–water partition coefficient (Wildman–Crippen LogP) is 2.55. The van der Waals surface area contributed by atoms with Gasteiger partial charge in [-0.05, 0) is 24.6 Å². The van der Waals surface area contributed by atoms with Crippen LogP contribution in [0.1, 0.15) is 21.5 Å². The SMILES string of the molecule is Cc1cc2c(=O)c(C(=O)O)c[nH]c2cc1C(F)(F)F. The van der Waals surface area contributed by atoms with Gasteiger partial charge in [0.15, 0.2) is 0 Å². The van der Waals surface area contributed by atoms with E-state index in [9.17, 15) is 22.8 Å². The summed E-state index contributed by atoms with van der Waals surface area (Å²) >= 11 is 0. The first-order valence-electron chi connectivity index (χ1n) is 5.18. The fourth-order valence-corrected chi connectivity index (χ4v) is 1.84. The number of hydrogen-bond acceptors (Lipinski definition) is 2. The molecule has 0 fully saturated rings. The standard InChI is InChI=1S/C12H8F3NO3/c1-5-2-6-9(3-8(5)12(13,14)15)16-4-7(10(6)17)11(18)19/h2-4H,1H3,(H,16,17)(H,18,19). The minimum Gasteiger partial charge on any atom is -0.477 e. The van der Waals surface area contributed by atoms with E-state index in [1.807, 2.05) is 0 Å². The summed E-state index contributed by atoms with van der Waals surface area (Å²) in [6.45, 7) is 1.22. The molecule has 4 nitrogen and oxygen atoms in total. The van der Waals surface area contributed by atoms with Gasteiger partial charge >= 0.3 is 12.1 Å². The average molecular weight is 271 g/mol. The minimum atomic E-state index is -4.53. The molecular weight excluding hydrogens is 263 g/mol. The van der Waals surface area contributed by atoms with Crippen LogP contribution in [0.3, 0.4) is 0 Å². The van der Waals surface area contributed by atoms with E-state index in [0.29, 0.717) is 0 Å². The van der Waals surface area contributed by atoms with Gasteiger partial charge in [0.05, 0.1) is 5.56 Å². The largest absolute Gasteiger partial charge is 0.477 e. The molecule has 100 valence electrons. The normalized spacial score (nSPS) is 11.8. The molecule has 2 N–H and O–H groups in total. The number of fused-ring (bicyclic) bond motifs is 1. The molecule has 1 heterocycles. The van der Waals surface area contributed by atoms with Crippen LogP contribution in [0, 0.1) is 6.92 Å². The second-order valence-corrected chi connectivity index (χ2v) is 4.05. The van der Waals surface area contributed by atoms with Crippen molar-refractivity contribution in [3.05, 3.63) is 45.2 Å². The highest BCUT2D eigenvalue weighted by Crippen LogP contribution is 2.33.